The van der Waals surface area contributed by atoms with Gasteiger partial charge in [-0.15, -0.1) is 0 Å². The Bertz CT molecular complexity index is 572. The van der Waals surface area contributed by atoms with Crippen molar-refractivity contribution < 1.29 is 27.1 Å². The van der Waals surface area contributed by atoms with Crippen LogP contribution in [-0.4, -0.2) is 37.5 Å². The average molecular weight is 325 g/mol. The van der Waals surface area contributed by atoms with E-state index in [2.05, 4.69) is 0 Å². The topological polar surface area (TPSA) is 83.5 Å². The van der Waals surface area contributed by atoms with Crippen LogP contribution in [0, 0.1) is 11.6 Å². The van der Waals surface area contributed by atoms with E-state index in [-0.39, 0.29) is 6.42 Å². The Morgan fingerprint density at radius 2 is 1.90 bits per heavy atom. The van der Waals surface area contributed by atoms with Crippen molar-refractivity contribution in [3.63, 3.8) is 0 Å². The van der Waals surface area contributed by atoms with Gasteiger partial charge in [-0.3, -0.25) is 4.79 Å². The molecule has 1 rings (SSSR count). The fourth-order valence-electron chi connectivity index (χ4n) is 1.41. The van der Waals surface area contributed by atoms with E-state index in [0.29, 0.717) is 24.0 Å². The van der Waals surface area contributed by atoms with Crippen molar-refractivity contribution >= 4 is 27.8 Å². The first-order chi connectivity index (χ1) is 9.26. The molecule has 0 aliphatic heterocycles. The number of hydrogen-bond donors (Lipinski definition) is 2. The molecule has 0 aliphatic carbocycles. The minimum atomic E-state index is -4.30. The smallest absolute Gasteiger partial charge is 0.321 e. The maximum absolute atomic E-state index is 13.0. The number of rotatable bonds is 7. The van der Waals surface area contributed by atoms with Gasteiger partial charge in [0, 0.05) is 6.07 Å². The zero-order valence-corrected chi connectivity index (χ0v) is 12.1. The van der Waals surface area contributed by atoms with Crippen LogP contribution in [0.15, 0.2) is 23.1 Å². The number of aliphatic carboxylic acids is 1. The van der Waals surface area contributed by atoms with Crippen LogP contribution < -0.4 is 4.72 Å². The lowest BCUT2D eigenvalue weighted by atomic mass is 10.2. The first-order valence-corrected chi connectivity index (χ1v) is 8.34. The van der Waals surface area contributed by atoms with Crippen molar-refractivity contribution in [2.45, 2.75) is 17.4 Å². The zero-order valence-electron chi connectivity index (χ0n) is 10.5. The standard InChI is InChI=1S/C11H13F2NO4S2/c1-19-3-2-10(11(15)16)14-20(17,18)9-5-7(12)4-8(13)6-9/h4-6,10,14H,2-3H2,1H3,(H,15,16)/t10-/m0/s1. The lowest BCUT2D eigenvalue weighted by molar-refractivity contribution is -0.139. The van der Waals surface area contributed by atoms with Gasteiger partial charge in [-0.1, -0.05) is 0 Å². The molecule has 0 saturated heterocycles. The van der Waals surface area contributed by atoms with Crippen molar-refractivity contribution in [1.82, 2.24) is 4.72 Å². The molecular weight excluding hydrogens is 312 g/mol. The highest BCUT2D eigenvalue weighted by Crippen LogP contribution is 2.15. The molecule has 1 atom stereocenters. The van der Waals surface area contributed by atoms with E-state index in [1.54, 1.807) is 6.26 Å². The normalized spacial score (nSPS) is 13.2. The van der Waals surface area contributed by atoms with Gasteiger partial charge >= 0.3 is 5.97 Å². The summed E-state index contributed by atoms with van der Waals surface area (Å²) in [6.07, 6.45) is 1.81. The summed E-state index contributed by atoms with van der Waals surface area (Å²) in [5.41, 5.74) is 0. The molecule has 20 heavy (non-hydrogen) atoms. The van der Waals surface area contributed by atoms with Crippen molar-refractivity contribution in [3.05, 3.63) is 29.8 Å². The molecule has 2 N–H and O–H groups in total. The van der Waals surface area contributed by atoms with Crippen molar-refractivity contribution in [3.8, 4) is 0 Å². The van der Waals surface area contributed by atoms with Crippen LogP contribution in [0.3, 0.4) is 0 Å². The van der Waals surface area contributed by atoms with Crippen molar-refractivity contribution in [1.29, 1.82) is 0 Å². The van der Waals surface area contributed by atoms with E-state index in [1.807, 2.05) is 4.72 Å². The summed E-state index contributed by atoms with van der Waals surface area (Å²) in [6.45, 7) is 0. The fourth-order valence-corrected chi connectivity index (χ4v) is 3.14. The molecule has 0 radical (unpaired) electrons. The minimum Gasteiger partial charge on any atom is -0.480 e. The Hall–Kier alpha value is -1.19. The number of sulfonamides is 1. The summed E-state index contributed by atoms with van der Waals surface area (Å²) in [5.74, 6) is -3.03. The maximum atomic E-state index is 13.0. The van der Waals surface area contributed by atoms with Crippen LogP contribution >= 0.6 is 11.8 Å². The van der Waals surface area contributed by atoms with E-state index in [1.165, 1.54) is 11.8 Å². The van der Waals surface area contributed by atoms with Gasteiger partial charge in [-0.05, 0) is 30.6 Å². The number of thioether (sulfide) groups is 1. The van der Waals surface area contributed by atoms with Gasteiger partial charge in [0.1, 0.15) is 17.7 Å². The van der Waals surface area contributed by atoms with E-state index in [0.717, 1.165) is 0 Å². The first kappa shape index (κ1) is 16.9. The molecule has 0 bridgehead atoms. The highest BCUT2D eigenvalue weighted by Gasteiger charge is 2.25. The molecule has 0 unspecified atom stereocenters. The number of carboxylic acids is 1. The van der Waals surface area contributed by atoms with Gasteiger partial charge in [0.25, 0.3) is 0 Å². The van der Waals surface area contributed by atoms with E-state index < -0.39 is 38.6 Å². The molecule has 0 aromatic heterocycles. The highest BCUT2D eigenvalue weighted by molar-refractivity contribution is 7.98. The lowest BCUT2D eigenvalue weighted by Crippen LogP contribution is -2.41. The van der Waals surface area contributed by atoms with Crippen LogP contribution in [0.2, 0.25) is 0 Å². The molecular formula is C11H13F2NO4S2. The zero-order chi connectivity index (χ0) is 15.3. The number of halogens is 2. The van der Waals surface area contributed by atoms with Gasteiger partial charge in [-0.25, -0.2) is 17.2 Å². The first-order valence-electron chi connectivity index (χ1n) is 5.46. The molecule has 1 aromatic rings. The molecule has 0 fully saturated rings. The quantitative estimate of drug-likeness (QED) is 0.793. The molecule has 0 amide bonds. The molecule has 9 heteroatoms. The average Bonchev–Trinajstić information content (AvgIpc) is 2.32. The predicted octanol–water partition coefficient (Wildman–Crippen LogP) is 1.45. The molecule has 0 heterocycles. The second kappa shape index (κ2) is 7.00. The largest absolute Gasteiger partial charge is 0.480 e. The van der Waals surface area contributed by atoms with E-state index in [4.69, 9.17) is 5.11 Å². The summed E-state index contributed by atoms with van der Waals surface area (Å²) in [5, 5.41) is 8.93. The molecule has 0 spiro atoms. The number of benzene rings is 1. The molecule has 0 aliphatic rings. The van der Waals surface area contributed by atoms with Crippen LogP contribution in [0.25, 0.3) is 0 Å². The Balaban J connectivity index is 3.00. The Morgan fingerprint density at radius 1 is 1.35 bits per heavy atom. The maximum Gasteiger partial charge on any atom is 0.321 e. The number of hydrogen-bond acceptors (Lipinski definition) is 4. The number of nitrogens with one attached hydrogen (secondary N) is 1. The predicted molar refractivity (Wildman–Crippen MR) is 71.1 cm³/mol. The second-order valence-corrected chi connectivity index (χ2v) is 6.60. The summed E-state index contributed by atoms with van der Waals surface area (Å²) < 4.78 is 51.7. The summed E-state index contributed by atoms with van der Waals surface area (Å²) in [4.78, 5) is 10.3. The van der Waals surface area contributed by atoms with E-state index >= 15 is 0 Å². The fraction of sp³-hybridized carbons (Fsp3) is 0.364. The second-order valence-electron chi connectivity index (χ2n) is 3.90. The van der Waals surface area contributed by atoms with Crippen molar-refractivity contribution in [2.24, 2.45) is 0 Å². The monoisotopic (exact) mass is 325 g/mol. The third-order valence-electron chi connectivity index (χ3n) is 2.35. The summed E-state index contributed by atoms with van der Waals surface area (Å²) in [7, 11) is -4.30. The Kier molecular flexibility index (Phi) is 5.90. The summed E-state index contributed by atoms with van der Waals surface area (Å²) in [6, 6.07) is 0.429. The third kappa shape index (κ3) is 4.73. The van der Waals surface area contributed by atoms with E-state index in [9.17, 15) is 22.0 Å². The van der Waals surface area contributed by atoms with Gasteiger partial charge < -0.3 is 5.11 Å². The van der Waals surface area contributed by atoms with Gasteiger partial charge in [-0.2, -0.15) is 16.5 Å². The third-order valence-corrected chi connectivity index (χ3v) is 4.45. The number of carboxylic acid groups (broad SMARTS) is 1. The SMILES string of the molecule is CSCC[C@H](NS(=O)(=O)c1cc(F)cc(F)c1)C(=O)O. The highest BCUT2D eigenvalue weighted by atomic mass is 32.2. The Morgan fingerprint density at radius 3 is 2.35 bits per heavy atom. The molecule has 1 aromatic carbocycles. The van der Waals surface area contributed by atoms with Gasteiger partial charge in [0.2, 0.25) is 10.0 Å². The molecule has 0 saturated carbocycles. The molecule has 112 valence electrons. The van der Waals surface area contributed by atoms with Gasteiger partial charge in [0.15, 0.2) is 0 Å². The van der Waals surface area contributed by atoms with Crippen LogP contribution in [0.1, 0.15) is 6.42 Å². The van der Waals surface area contributed by atoms with Crippen molar-refractivity contribution in [2.75, 3.05) is 12.0 Å². The van der Waals surface area contributed by atoms with Crippen LogP contribution in [-0.2, 0) is 14.8 Å². The Labute approximate surface area is 119 Å². The number of carbonyl (C=O) groups is 1. The summed E-state index contributed by atoms with van der Waals surface area (Å²) >= 11 is 1.36. The minimum absolute atomic E-state index is 0.0630. The van der Waals surface area contributed by atoms with Gasteiger partial charge in [0.05, 0.1) is 4.90 Å². The lowest BCUT2D eigenvalue weighted by Gasteiger charge is -2.14. The molecule has 5 nitrogen and oxygen atoms in total. The van der Waals surface area contributed by atoms with Crippen LogP contribution in [0.5, 0.6) is 0 Å². The van der Waals surface area contributed by atoms with Crippen LogP contribution in [0.4, 0.5) is 8.78 Å².